The van der Waals surface area contributed by atoms with Gasteiger partial charge in [-0.1, -0.05) is 87.7 Å². The van der Waals surface area contributed by atoms with Crippen molar-refractivity contribution in [1.82, 2.24) is 14.9 Å². The van der Waals surface area contributed by atoms with Gasteiger partial charge in [-0.2, -0.15) is 4.98 Å². The molecule has 0 amide bonds. The van der Waals surface area contributed by atoms with Crippen LogP contribution in [0, 0.1) is 0 Å². The molecule has 7 nitrogen and oxygen atoms in total. The van der Waals surface area contributed by atoms with Gasteiger partial charge in [0, 0.05) is 13.1 Å². The van der Waals surface area contributed by atoms with Crippen LogP contribution in [0.15, 0.2) is 65.9 Å². The summed E-state index contributed by atoms with van der Waals surface area (Å²) in [4.78, 5) is 15.1. The van der Waals surface area contributed by atoms with Gasteiger partial charge in [-0.3, -0.25) is 0 Å². The molecule has 1 saturated heterocycles. The van der Waals surface area contributed by atoms with Gasteiger partial charge in [0.15, 0.2) is 11.5 Å². The summed E-state index contributed by atoms with van der Waals surface area (Å²) in [5.41, 5.74) is 10.3. The summed E-state index contributed by atoms with van der Waals surface area (Å²) in [6, 6.07) is 18.8. The van der Waals surface area contributed by atoms with Crippen molar-refractivity contribution in [2.24, 2.45) is 4.99 Å². The first-order valence-corrected chi connectivity index (χ1v) is 14.9. The van der Waals surface area contributed by atoms with Crippen molar-refractivity contribution < 1.29 is 9.84 Å². The maximum absolute atomic E-state index is 10.4. The molecule has 3 heterocycles. The van der Waals surface area contributed by atoms with Crippen LogP contribution < -0.4 is 10.5 Å². The highest BCUT2D eigenvalue weighted by atomic mass is 16.5. The number of rotatable bonds is 3. The maximum atomic E-state index is 10.4. The smallest absolute Gasteiger partial charge is 0.246 e. The molecule has 3 aromatic rings. The zero-order valence-electron chi connectivity index (χ0n) is 24.5. The number of aromatic nitrogens is 2. The molecular weight excluding hydrogens is 498 g/mol. The zero-order valence-corrected chi connectivity index (χ0v) is 24.5. The minimum absolute atomic E-state index is 0.160. The molecule has 2 aromatic carbocycles. The lowest BCUT2D eigenvalue weighted by Gasteiger charge is -2.36. The molecule has 1 saturated carbocycles. The Bertz CT molecular complexity index is 1230. The van der Waals surface area contributed by atoms with E-state index in [2.05, 4.69) is 51.2 Å². The molecule has 0 bridgehead atoms. The van der Waals surface area contributed by atoms with Gasteiger partial charge in [0.25, 0.3) is 0 Å². The van der Waals surface area contributed by atoms with Crippen molar-refractivity contribution in [2.45, 2.75) is 83.3 Å². The minimum atomic E-state index is -0.590. The maximum Gasteiger partial charge on any atom is 0.246 e. The second-order valence-electron chi connectivity index (χ2n) is 10.8. The molecule has 3 N–H and O–H groups in total. The number of nitrogens with zero attached hydrogens (tertiary/aromatic N) is 4. The molecule has 214 valence electrons. The third-order valence-electron chi connectivity index (χ3n) is 8.13. The summed E-state index contributed by atoms with van der Waals surface area (Å²) in [7, 11) is 2.10. The Labute approximate surface area is 239 Å². The van der Waals surface area contributed by atoms with Crippen LogP contribution in [0.2, 0.25) is 0 Å². The lowest BCUT2D eigenvalue weighted by Crippen LogP contribution is -2.40. The van der Waals surface area contributed by atoms with Crippen LogP contribution in [0.4, 0.5) is 11.5 Å². The number of aliphatic imine (C=N–C) groups is 1. The van der Waals surface area contributed by atoms with Crippen LogP contribution in [0.25, 0.3) is 0 Å². The number of likely N-dealkylation sites (tertiary alicyclic amines) is 1. The lowest BCUT2D eigenvalue weighted by atomic mass is 9.83. The molecule has 2 fully saturated rings. The number of benzene rings is 2. The largest absolute Gasteiger partial charge is 0.466 e. The molecular formula is C33H45N5O2. The number of aliphatic hydroxyl groups is 1. The normalized spacial score (nSPS) is 20.4. The molecule has 1 aliphatic carbocycles. The van der Waals surface area contributed by atoms with Gasteiger partial charge >= 0.3 is 0 Å². The first-order chi connectivity index (χ1) is 19.4. The topological polar surface area (TPSA) is 96.9 Å². The lowest BCUT2D eigenvalue weighted by molar-refractivity contribution is -0.0203. The first-order valence-electron chi connectivity index (χ1n) is 14.9. The van der Waals surface area contributed by atoms with Crippen molar-refractivity contribution in [1.29, 1.82) is 0 Å². The van der Waals surface area contributed by atoms with Crippen molar-refractivity contribution in [3.63, 3.8) is 0 Å². The van der Waals surface area contributed by atoms with Gasteiger partial charge in [0.05, 0.1) is 11.3 Å². The highest BCUT2D eigenvalue weighted by molar-refractivity contribution is 6.06. The number of hydrogen-bond donors (Lipinski definition) is 2. The predicted molar refractivity (Wildman–Crippen MR) is 163 cm³/mol. The van der Waals surface area contributed by atoms with Crippen molar-refractivity contribution >= 4 is 17.2 Å². The molecule has 1 atom stereocenters. The van der Waals surface area contributed by atoms with Gasteiger partial charge in [-0.25, -0.2) is 9.98 Å². The average Bonchev–Trinajstić information content (AvgIpc) is 3.01. The van der Waals surface area contributed by atoms with E-state index in [0.29, 0.717) is 23.3 Å². The van der Waals surface area contributed by atoms with E-state index in [1.54, 1.807) is 0 Å². The fraction of sp³-hybridized carbons (Fsp3) is 0.485. The van der Waals surface area contributed by atoms with Gasteiger partial charge in [0.2, 0.25) is 5.88 Å². The quantitative estimate of drug-likeness (QED) is 0.385. The van der Waals surface area contributed by atoms with Crippen LogP contribution in [0.1, 0.15) is 88.3 Å². The number of anilines is 1. The Hall–Kier alpha value is -3.29. The summed E-state index contributed by atoms with van der Waals surface area (Å²) in [5.74, 6) is 1.51. The number of fused-ring (bicyclic) bond motifs is 1. The predicted octanol–water partition coefficient (Wildman–Crippen LogP) is 6.63. The summed E-state index contributed by atoms with van der Waals surface area (Å²) in [6.07, 6.45) is 9.61. The molecule has 2 aliphatic heterocycles. The highest BCUT2D eigenvalue weighted by Gasteiger charge is 2.32. The van der Waals surface area contributed by atoms with Crippen molar-refractivity contribution in [2.75, 3.05) is 25.9 Å². The zero-order chi connectivity index (χ0) is 28.5. The molecule has 1 aromatic heterocycles. The van der Waals surface area contributed by atoms with E-state index < -0.39 is 5.60 Å². The molecule has 6 rings (SSSR count). The first kappa shape index (κ1) is 29.7. The third-order valence-corrected chi connectivity index (χ3v) is 8.13. The van der Waals surface area contributed by atoms with E-state index in [1.165, 1.54) is 44.0 Å². The Balaban J connectivity index is 0.000000197. The van der Waals surface area contributed by atoms with Crippen LogP contribution >= 0.6 is 0 Å². The van der Waals surface area contributed by atoms with E-state index in [4.69, 9.17) is 10.5 Å². The Morgan fingerprint density at radius 2 is 1.57 bits per heavy atom. The van der Waals surface area contributed by atoms with Gasteiger partial charge in [0.1, 0.15) is 12.4 Å². The van der Waals surface area contributed by atoms with E-state index >= 15 is 0 Å². The minimum Gasteiger partial charge on any atom is -0.466 e. The van der Waals surface area contributed by atoms with E-state index in [-0.39, 0.29) is 6.10 Å². The standard InChI is InChI=1S/C19H22N4O.C12H17NO.C2H6/c1-12-16(23-17-18(20)21-11-22-19(17)24-12)15-9-7-14(8-10-15)13-5-3-2-4-6-13;1-13-9-7-12(14,8-10-13)11-5-3-2-4-6-11;1-2/h7-13H,2-6H2,1H3,(H2,20,21,22);2-6,14H,7-10H2,1H3;1-2H3. The van der Waals surface area contributed by atoms with Crippen LogP contribution in [0.5, 0.6) is 5.88 Å². The molecule has 0 radical (unpaired) electrons. The van der Waals surface area contributed by atoms with E-state index in [0.717, 1.165) is 42.8 Å². The number of nitrogen functional groups attached to an aromatic ring is 1. The fourth-order valence-corrected chi connectivity index (χ4v) is 5.69. The highest BCUT2D eigenvalue weighted by Crippen LogP contribution is 2.36. The second kappa shape index (κ2) is 13.9. The van der Waals surface area contributed by atoms with Crippen LogP contribution in [-0.2, 0) is 5.60 Å². The number of piperidine rings is 1. The van der Waals surface area contributed by atoms with Crippen LogP contribution in [0.3, 0.4) is 0 Å². The average molecular weight is 544 g/mol. The van der Waals surface area contributed by atoms with Crippen LogP contribution in [-0.4, -0.2) is 51.9 Å². The Morgan fingerprint density at radius 1 is 0.925 bits per heavy atom. The van der Waals surface area contributed by atoms with Crippen molar-refractivity contribution in [3.05, 3.63) is 77.6 Å². The van der Waals surface area contributed by atoms with E-state index in [1.807, 2.05) is 51.1 Å². The SMILES string of the molecule is CC.CC1Oc2ncnc(N)c2N=C1c1ccc(C2CCCCC2)cc1.CN1CCC(O)(c2ccccc2)CC1. The molecule has 7 heteroatoms. The van der Waals surface area contributed by atoms with E-state index in [9.17, 15) is 5.11 Å². The molecule has 40 heavy (non-hydrogen) atoms. The Kier molecular flexibility index (Phi) is 10.3. The summed E-state index contributed by atoms with van der Waals surface area (Å²) < 4.78 is 5.86. The summed E-state index contributed by atoms with van der Waals surface area (Å²) >= 11 is 0. The van der Waals surface area contributed by atoms with Crippen molar-refractivity contribution in [3.8, 4) is 5.88 Å². The second-order valence-corrected chi connectivity index (χ2v) is 10.8. The number of ether oxygens (including phenoxy) is 1. The number of nitrogens with two attached hydrogens (primary N) is 1. The fourth-order valence-electron chi connectivity index (χ4n) is 5.69. The van der Waals surface area contributed by atoms with Gasteiger partial charge in [-0.15, -0.1) is 0 Å². The molecule has 3 aliphatic rings. The summed E-state index contributed by atoms with van der Waals surface area (Å²) in [5, 5.41) is 10.4. The summed E-state index contributed by atoms with van der Waals surface area (Å²) in [6.45, 7) is 7.94. The molecule has 0 spiro atoms. The third kappa shape index (κ3) is 7.07. The van der Waals surface area contributed by atoms with Gasteiger partial charge in [-0.05, 0) is 62.3 Å². The molecule has 1 unspecified atom stereocenters. The monoisotopic (exact) mass is 543 g/mol. The van der Waals surface area contributed by atoms with Gasteiger partial charge < -0.3 is 20.5 Å². The number of hydrogen-bond acceptors (Lipinski definition) is 7. The Morgan fingerprint density at radius 3 is 2.23 bits per heavy atom.